The van der Waals surface area contributed by atoms with Crippen molar-refractivity contribution in [1.29, 1.82) is 0 Å². The van der Waals surface area contributed by atoms with Gasteiger partial charge in [0.15, 0.2) is 0 Å². The third kappa shape index (κ3) is 4.93. The summed E-state index contributed by atoms with van der Waals surface area (Å²) in [6, 6.07) is 20.2. The first kappa shape index (κ1) is 19.0. The summed E-state index contributed by atoms with van der Waals surface area (Å²) < 4.78 is 0. The lowest BCUT2D eigenvalue weighted by Crippen LogP contribution is -2.23. The molecule has 1 aliphatic heterocycles. The Morgan fingerprint density at radius 1 is 0.931 bits per heavy atom. The highest BCUT2D eigenvalue weighted by molar-refractivity contribution is 5.92. The van der Waals surface area contributed by atoms with Crippen molar-refractivity contribution in [2.45, 2.75) is 26.3 Å². The molecule has 0 saturated carbocycles. The van der Waals surface area contributed by atoms with Crippen LogP contribution >= 0.6 is 0 Å². The summed E-state index contributed by atoms with van der Waals surface area (Å²) >= 11 is 0. The normalized spacial score (nSPS) is 13.3. The van der Waals surface area contributed by atoms with Crippen LogP contribution in [0.25, 0.3) is 0 Å². The Morgan fingerprint density at radius 2 is 1.62 bits per heavy atom. The Morgan fingerprint density at radius 3 is 2.28 bits per heavy atom. The molecule has 2 N–H and O–H groups in total. The molecule has 3 aromatic rings. The third-order valence-electron chi connectivity index (χ3n) is 5.20. The van der Waals surface area contributed by atoms with Gasteiger partial charge in [-0.05, 0) is 61.7 Å². The molecule has 0 unspecified atom stereocenters. The highest BCUT2D eigenvalue weighted by atomic mass is 16.1. The topological polar surface area (TPSA) is 57.3 Å². The van der Waals surface area contributed by atoms with Crippen molar-refractivity contribution in [3.05, 3.63) is 83.7 Å². The van der Waals surface area contributed by atoms with E-state index in [9.17, 15) is 4.79 Å². The van der Waals surface area contributed by atoms with E-state index in [2.05, 4.69) is 44.8 Å². The summed E-state index contributed by atoms with van der Waals surface area (Å²) in [4.78, 5) is 19.0. The second kappa shape index (κ2) is 8.78. The fraction of sp³-hybridized carbons (Fsp3) is 0.250. The van der Waals surface area contributed by atoms with Gasteiger partial charge in [-0.1, -0.05) is 29.8 Å². The van der Waals surface area contributed by atoms with Gasteiger partial charge in [0.1, 0.15) is 5.69 Å². The van der Waals surface area contributed by atoms with Crippen molar-refractivity contribution >= 4 is 23.0 Å². The number of anilines is 3. The maximum absolute atomic E-state index is 12.3. The molecule has 29 heavy (non-hydrogen) atoms. The van der Waals surface area contributed by atoms with E-state index in [4.69, 9.17) is 0 Å². The highest BCUT2D eigenvalue weighted by Crippen LogP contribution is 2.23. The number of carbonyl (C=O) groups is 1. The predicted octanol–water partition coefficient (Wildman–Crippen LogP) is 4.66. The summed E-state index contributed by atoms with van der Waals surface area (Å²) in [6.45, 7) is 4.82. The lowest BCUT2D eigenvalue weighted by atomic mass is 10.1. The quantitative estimate of drug-likeness (QED) is 0.647. The molecule has 1 amide bonds. The first-order valence-electron chi connectivity index (χ1n) is 10.1. The minimum Gasteiger partial charge on any atom is -0.372 e. The zero-order valence-corrected chi connectivity index (χ0v) is 16.7. The molecule has 0 bridgehead atoms. The Hall–Kier alpha value is -3.34. The number of hydrogen-bond acceptors (Lipinski definition) is 4. The van der Waals surface area contributed by atoms with Crippen LogP contribution in [0.15, 0.2) is 66.9 Å². The number of nitrogens with one attached hydrogen (secondary N) is 2. The van der Waals surface area contributed by atoms with Crippen molar-refractivity contribution in [1.82, 2.24) is 10.3 Å². The van der Waals surface area contributed by atoms with Crippen molar-refractivity contribution < 1.29 is 4.79 Å². The van der Waals surface area contributed by atoms with Crippen LogP contribution < -0.4 is 15.5 Å². The van der Waals surface area contributed by atoms with Crippen LogP contribution in [-0.4, -0.2) is 24.0 Å². The van der Waals surface area contributed by atoms with Crippen LogP contribution in [0.2, 0.25) is 0 Å². The molecule has 0 radical (unpaired) electrons. The first-order valence-corrected chi connectivity index (χ1v) is 10.1. The molecule has 1 aliphatic rings. The van der Waals surface area contributed by atoms with Gasteiger partial charge in [0.05, 0.1) is 11.9 Å². The molecule has 1 fully saturated rings. The number of hydrogen-bond donors (Lipinski definition) is 2. The van der Waals surface area contributed by atoms with E-state index in [0.29, 0.717) is 12.2 Å². The molecule has 5 heteroatoms. The van der Waals surface area contributed by atoms with Gasteiger partial charge in [0, 0.05) is 31.0 Å². The molecular formula is C24H26N4O. The second-order valence-corrected chi connectivity index (χ2v) is 7.47. The van der Waals surface area contributed by atoms with E-state index in [-0.39, 0.29) is 5.91 Å². The molecule has 0 atom stereocenters. The standard InChI is InChI=1S/C24H26N4O/c1-18-4-6-19(7-5-18)16-26-24(29)23-13-10-21(17-25-23)27-20-8-11-22(12-9-20)28-14-2-3-15-28/h4-13,17,27H,2-3,14-16H2,1H3,(H,26,29). The largest absolute Gasteiger partial charge is 0.372 e. The lowest BCUT2D eigenvalue weighted by Gasteiger charge is -2.18. The SMILES string of the molecule is Cc1ccc(CNC(=O)c2ccc(Nc3ccc(N4CCCC4)cc3)cn2)cc1. The summed E-state index contributed by atoms with van der Waals surface area (Å²) in [7, 11) is 0. The lowest BCUT2D eigenvalue weighted by molar-refractivity contribution is 0.0946. The number of benzene rings is 2. The Labute approximate surface area is 171 Å². The van der Waals surface area contributed by atoms with Gasteiger partial charge in [-0.2, -0.15) is 0 Å². The van der Waals surface area contributed by atoms with Gasteiger partial charge < -0.3 is 15.5 Å². The molecule has 1 aromatic heterocycles. The third-order valence-corrected chi connectivity index (χ3v) is 5.20. The molecule has 4 rings (SSSR count). The number of nitrogens with zero attached hydrogens (tertiary/aromatic N) is 2. The Kier molecular flexibility index (Phi) is 5.75. The van der Waals surface area contributed by atoms with Gasteiger partial charge in [0.25, 0.3) is 5.91 Å². The van der Waals surface area contributed by atoms with Crippen LogP contribution in [0.5, 0.6) is 0 Å². The van der Waals surface area contributed by atoms with Crippen LogP contribution in [-0.2, 0) is 6.54 Å². The number of rotatable bonds is 6. The Bertz CT molecular complexity index is 944. The van der Waals surface area contributed by atoms with E-state index < -0.39 is 0 Å². The first-order chi connectivity index (χ1) is 14.2. The second-order valence-electron chi connectivity index (χ2n) is 7.47. The van der Waals surface area contributed by atoms with Crippen molar-refractivity contribution in [2.75, 3.05) is 23.3 Å². The van der Waals surface area contributed by atoms with Gasteiger partial charge in [-0.15, -0.1) is 0 Å². The highest BCUT2D eigenvalue weighted by Gasteiger charge is 2.12. The fourth-order valence-electron chi connectivity index (χ4n) is 3.48. The van der Waals surface area contributed by atoms with Crippen molar-refractivity contribution in [2.24, 2.45) is 0 Å². The summed E-state index contributed by atoms with van der Waals surface area (Å²) in [5.74, 6) is -0.174. The molecule has 0 aliphatic carbocycles. The van der Waals surface area contributed by atoms with Gasteiger partial charge in [0.2, 0.25) is 0 Å². The molecular weight excluding hydrogens is 360 g/mol. The summed E-state index contributed by atoms with van der Waals surface area (Å²) in [5.41, 5.74) is 5.81. The summed E-state index contributed by atoms with van der Waals surface area (Å²) in [5, 5.41) is 6.25. The van der Waals surface area contributed by atoms with Gasteiger partial charge >= 0.3 is 0 Å². The number of aromatic nitrogens is 1. The molecule has 148 valence electrons. The number of pyridine rings is 1. The average Bonchev–Trinajstić information content (AvgIpc) is 3.29. The zero-order valence-electron chi connectivity index (χ0n) is 16.7. The van der Waals surface area contributed by atoms with Crippen molar-refractivity contribution in [3.8, 4) is 0 Å². The monoisotopic (exact) mass is 386 g/mol. The van der Waals surface area contributed by atoms with Crippen LogP contribution in [0.4, 0.5) is 17.1 Å². The number of amides is 1. The average molecular weight is 386 g/mol. The van der Waals surface area contributed by atoms with Crippen LogP contribution in [0, 0.1) is 6.92 Å². The van der Waals surface area contributed by atoms with E-state index >= 15 is 0 Å². The molecule has 2 aromatic carbocycles. The molecule has 0 spiro atoms. The minimum atomic E-state index is -0.174. The number of carbonyl (C=O) groups excluding carboxylic acids is 1. The fourth-order valence-corrected chi connectivity index (χ4v) is 3.48. The smallest absolute Gasteiger partial charge is 0.270 e. The van der Waals surface area contributed by atoms with Gasteiger partial charge in [-0.25, -0.2) is 4.98 Å². The molecule has 2 heterocycles. The molecule has 5 nitrogen and oxygen atoms in total. The van der Waals surface area contributed by atoms with E-state index in [0.717, 1.165) is 30.0 Å². The van der Waals surface area contributed by atoms with Crippen LogP contribution in [0.3, 0.4) is 0 Å². The van der Waals surface area contributed by atoms with E-state index in [1.165, 1.54) is 24.1 Å². The van der Waals surface area contributed by atoms with Crippen molar-refractivity contribution in [3.63, 3.8) is 0 Å². The van der Waals surface area contributed by atoms with Crippen LogP contribution in [0.1, 0.15) is 34.5 Å². The summed E-state index contributed by atoms with van der Waals surface area (Å²) in [6.07, 6.45) is 4.24. The predicted molar refractivity (Wildman–Crippen MR) is 118 cm³/mol. The van der Waals surface area contributed by atoms with E-state index in [1.54, 1.807) is 12.3 Å². The Balaban J connectivity index is 1.32. The number of aryl methyl sites for hydroxylation is 1. The maximum Gasteiger partial charge on any atom is 0.270 e. The maximum atomic E-state index is 12.3. The minimum absolute atomic E-state index is 0.174. The zero-order chi connectivity index (χ0) is 20.1. The van der Waals surface area contributed by atoms with E-state index in [1.807, 2.05) is 37.3 Å². The van der Waals surface area contributed by atoms with Gasteiger partial charge in [-0.3, -0.25) is 4.79 Å². The molecule has 1 saturated heterocycles.